The van der Waals surface area contributed by atoms with Gasteiger partial charge < -0.3 is 15.2 Å². The maximum atomic E-state index is 13.3. The summed E-state index contributed by atoms with van der Waals surface area (Å²) in [6.45, 7) is 5.46. The van der Waals surface area contributed by atoms with E-state index in [9.17, 15) is 14.4 Å². The minimum Gasteiger partial charge on any atom is -0.341 e. The first-order valence-electron chi connectivity index (χ1n) is 11.3. The molecule has 1 atom stereocenters. The minimum absolute atomic E-state index is 0.0000940. The molecule has 2 aromatic heterocycles. The van der Waals surface area contributed by atoms with Crippen LogP contribution in [0.4, 0.5) is 5.95 Å². The number of nitrogens with two attached hydrogens (primary N) is 1. The third-order valence-electron chi connectivity index (χ3n) is 6.08. The summed E-state index contributed by atoms with van der Waals surface area (Å²) in [6, 6.07) is 6.56. The number of ketones is 1. The van der Waals surface area contributed by atoms with Crippen molar-refractivity contribution in [1.82, 2.24) is 18.7 Å². The van der Waals surface area contributed by atoms with Crippen LogP contribution in [0.5, 0.6) is 0 Å². The maximum Gasteiger partial charge on any atom is 0.332 e. The fraction of sp³-hybridized carbons (Fsp3) is 0.417. The summed E-state index contributed by atoms with van der Waals surface area (Å²) in [5, 5.41) is 0.429. The van der Waals surface area contributed by atoms with Gasteiger partial charge in [0.15, 0.2) is 16.9 Å². The monoisotopic (exact) mass is 484 g/mol. The zero-order chi connectivity index (χ0) is 24.6. The van der Waals surface area contributed by atoms with Crippen molar-refractivity contribution in [3.63, 3.8) is 0 Å². The normalized spacial score (nSPS) is 16.1. The number of piperidine rings is 1. The molecule has 34 heavy (non-hydrogen) atoms. The lowest BCUT2D eigenvalue weighted by Crippen LogP contribution is -2.44. The number of fused-ring (bicyclic) bond motifs is 1. The van der Waals surface area contributed by atoms with E-state index < -0.39 is 11.2 Å². The predicted octanol–water partition coefficient (Wildman–Crippen LogP) is 2.33. The van der Waals surface area contributed by atoms with Gasteiger partial charge in [-0.1, -0.05) is 35.4 Å². The summed E-state index contributed by atoms with van der Waals surface area (Å²) in [5.74, 6) is 0.277. The molecule has 1 unspecified atom stereocenters. The summed E-state index contributed by atoms with van der Waals surface area (Å²) in [4.78, 5) is 46.2. The maximum absolute atomic E-state index is 13.3. The Morgan fingerprint density at radius 3 is 2.71 bits per heavy atom. The number of hydrogen-bond donors (Lipinski definition) is 1. The van der Waals surface area contributed by atoms with Crippen molar-refractivity contribution in [2.24, 2.45) is 12.8 Å². The number of halogens is 1. The highest BCUT2D eigenvalue weighted by atomic mass is 35.5. The van der Waals surface area contributed by atoms with E-state index in [1.165, 1.54) is 11.6 Å². The smallest absolute Gasteiger partial charge is 0.332 e. The molecule has 1 fully saturated rings. The van der Waals surface area contributed by atoms with E-state index in [4.69, 9.17) is 22.3 Å². The van der Waals surface area contributed by atoms with Gasteiger partial charge in [-0.25, -0.2) is 4.79 Å². The summed E-state index contributed by atoms with van der Waals surface area (Å²) in [7, 11) is 1.42. The zero-order valence-electron chi connectivity index (χ0n) is 19.6. The molecule has 10 heteroatoms. The van der Waals surface area contributed by atoms with E-state index in [-0.39, 0.29) is 29.5 Å². The van der Waals surface area contributed by atoms with Crippen molar-refractivity contribution in [2.75, 3.05) is 18.0 Å². The van der Waals surface area contributed by atoms with Crippen LogP contribution in [0.15, 0.2) is 45.5 Å². The lowest BCUT2D eigenvalue weighted by atomic mass is 10.1. The van der Waals surface area contributed by atoms with Crippen LogP contribution in [0.25, 0.3) is 11.2 Å². The molecule has 3 aromatic rings. The quantitative estimate of drug-likeness (QED) is 0.425. The average Bonchev–Trinajstić information content (AvgIpc) is 3.18. The van der Waals surface area contributed by atoms with Crippen molar-refractivity contribution < 1.29 is 4.79 Å². The topological polar surface area (TPSA) is 108 Å². The first kappa shape index (κ1) is 24.0. The number of carbonyl (C=O) groups excluding carboxylic acids is 1. The average molecular weight is 485 g/mol. The van der Waals surface area contributed by atoms with E-state index >= 15 is 0 Å². The van der Waals surface area contributed by atoms with Crippen LogP contribution in [0.2, 0.25) is 5.02 Å². The van der Waals surface area contributed by atoms with Gasteiger partial charge >= 0.3 is 5.69 Å². The minimum atomic E-state index is -0.596. The Kier molecular flexibility index (Phi) is 6.77. The van der Waals surface area contributed by atoms with Crippen LogP contribution < -0.4 is 21.9 Å². The van der Waals surface area contributed by atoms with Gasteiger partial charge in [0.05, 0.1) is 6.54 Å². The van der Waals surface area contributed by atoms with Gasteiger partial charge in [0.1, 0.15) is 0 Å². The van der Waals surface area contributed by atoms with Gasteiger partial charge in [0, 0.05) is 43.3 Å². The number of hydrogen-bond acceptors (Lipinski definition) is 6. The van der Waals surface area contributed by atoms with E-state index in [0.717, 1.165) is 29.5 Å². The summed E-state index contributed by atoms with van der Waals surface area (Å²) >= 11 is 6.04. The Labute approximate surface area is 202 Å². The second kappa shape index (κ2) is 9.60. The third kappa shape index (κ3) is 4.58. The number of imidazole rings is 1. The van der Waals surface area contributed by atoms with Crippen molar-refractivity contribution in [1.29, 1.82) is 0 Å². The van der Waals surface area contributed by atoms with Gasteiger partial charge in [0.2, 0.25) is 5.95 Å². The van der Waals surface area contributed by atoms with E-state index in [0.29, 0.717) is 29.6 Å². The van der Waals surface area contributed by atoms with Crippen LogP contribution >= 0.6 is 11.6 Å². The molecule has 0 spiro atoms. The third-order valence-corrected chi connectivity index (χ3v) is 6.32. The second-order valence-electron chi connectivity index (χ2n) is 8.99. The molecule has 0 bridgehead atoms. The van der Waals surface area contributed by atoms with Gasteiger partial charge in [-0.05, 0) is 38.8 Å². The molecule has 0 amide bonds. The number of Topliss-reactive ketones (excluding diaryl/α,β-unsaturated/α-hetero) is 1. The van der Waals surface area contributed by atoms with Gasteiger partial charge in [-0.15, -0.1) is 0 Å². The van der Waals surface area contributed by atoms with Crippen molar-refractivity contribution in [3.05, 3.63) is 67.3 Å². The van der Waals surface area contributed by atoms with Crippen molar-refractivity contribution in [2.45, 2.75) is 45.8 Å². The molecule has 1 aliphatic rings. The number of carbonyl (C=O) groups is 1. The highest BCUT2D eigenvalue weighted by Gasteiger charge is 2.26. The largest absolute Gasteiger partial charge is 0.341 e. The van der Waals surface area contributed by atoms with Crippen LogP contribution in [-0.4, -0.2) is 43.6 Å². The summed E-state index contributed by atoms with van der Waals surface area (Å²) in [5.41, 5.74) is 7.11. The fourth-order valence-electron chi connectivity index (χ4n) is 4.26. The van der Waals surface area contributed by atoms with Gasteiger partial charge in [-0.3, -0.25) is 18.7 Å². The first-order chi connectivity index (χ1) is 16.2. The first-order valence-corrected chi connectivity index (χ1v) is 11.7. The number of aromatic nitrogens is 4. The number of allylic oxidation sites excluding steroid dienone is 2. The highest BCUT2D eigenvalue weighted by Crippen LogP contribution is 2.24. The lowest BCUT2D eigenvalue weighted by Gasteiger charge is -2.31. The number of nitrogens with zero attached hydrogens (tertiary/aromatic N) is 5. The fourth-order valence-corrected chi connectivity index (χ4v) is 4.45. The predicted molar refractivity (Wildman–Crippen MR) is 134 cm³/mol. The van der Waals surface area contributed by atoms with Crippen molar-refractivity contribution >= 4 is 34.5 Å². The molecule has 180 valence electrons. The second-order valence-corrected chi connectivity index (χ2v) is 9.43. The molecule has 2 N–H and O–H groups in total. The van der Waals surface area contributed by atoms with Gasteiger partial charge in [-0.2, -0.15) is 4.98 Å². The zero-order valence-corrected chi connectivity index (χ0v) is 20.4. The molecule has 0 saturated carbocycles. The molecule has 3 heterocycles. The SMILES string of the molecule is CC(C)=CCn1c(N2CCCC(N)C2)nc2c1c(=O)n(C)c(=O)n2CC(=O)c1cccc(Cl)c1. The van der Waals surface area contributed by atoms with Crippen LogP contribution in [0.1, 0.15) is 37.0 Å². The standard InChI is InChI=1S/C24H29ClN6O3/c1-15(2)9-11-30-20-21(27-23(30)29-10-5-8-18(26)13-29)31(24(34)28(3)22(20)33)14-19(32)16-6-4-7-17(25)12-16/h4,6-7,9,12,18H,5,8,10-11,13-14,26H2,1-3H3. The number of rotatable bonds is 6. The molecule has 9 nitrogen and oxygen atoms in total. The summed E-state index contributed by atoms with van der Waals surface area (Å²) < 4.78 is 4.12. The van der Waals surface area contributed by atoms with Crippen LogP contribution in [0, 0.1) is 0 Å². The van der Waals surface area contributed by atoms with Crippen LogP contribution in [0.3, 0.4) is 0 Å². The molecular weight excluding hydrogens is 456 g/mol. The van der Waals surface area contributed by atoms with Crippen molar-refractivity contribution in [3.8, 4) is 0 Å². The molecule has 1 aromatic carbocycles. The Morgan fingerprint density at radius 1 is 1.26 bits per heavy atom. The Balaban J connectivity index is 1.92. The lowest BCUT2D eigenvalue weighted by molar-refractivity contribution is 0.0971. The number of benzene rings is 1. The Hall–Kier alpha value is -3.17. The van der Waals surface area contributed by atoms with Crippen LogP contribution in [-0.2, 0) is 20.1 Å². The molecule has 0 aliphatic carbocycles. The molecule has 4 rings (SSSR count). The van der Waals surface area contributed by atoms with E-state index in [1.54, 1.807) is 24.3 Å². The highest BCUT2D eigenvalue weighted by molar-refractivity contribution is 6.31. The molecular formula is C24H29ClN6O3. The summed E-state index contributed by atoms with van der Waals surface area (Å²) in [6.07, 6.45) is 3.83. The van der Waals surface area contributed by atoms with E-state index in [2.05, 4.69) is 4.90 Å². The van der Waals surface area contributed by atoms with E-state index in [1.807, 2.05) is 24.5 Å². The number of anilines is 1. The Bertz CT molecular complexity index is 1400. The molecule has 1 aliphatic heterocycles. The molecule has 1 saturated heterocycles. The Morgan fingerprint density at radius 2 is 2.03 bits per heavy atom. The van der Waals surface area contributed by atoms with Gasteiger partial charge in [0.25, 0.3) is 5.56 Å². The molecule has 0 radical (unpaired) electrons.